The Morgan fingerprint density at radius 1 is 1.04 bits per heavy atom. The first kappa shape index (κ1) is 16.7. The lowest BCUT2D eigenvalue weighted by Gasteiger charge is -2.17. The average molecular weight is 322 g/mol. The fraction of sp³-hybridized carbons (Fsp3) is 0.188. The number of benzene rings is 2. The van der Waals surface area contributed by atoms with Crippen LogP contribution in [-0.4, -0.2) is 12.2 Å². The second-order valence-corrected chi connectivity index (χ2v) is 4.82. The number of rotatable bonds is 5. The molecule has 4 nitrogen and oxygen atoms in total. The van der Waals surface area contributed by atoms with E-state index in [1.165, 1.54) is 24.3 Å². The Morgan fingerprint density at radius 3 is 2.13 bits per heavy atom. The van der Waals surface area contributed by atoms with E-state index in [0.29, 0.717) is 5.56 Å². The van der Waals surface area contributed by atoms with Gasteiger partial charge in [-0.3, -0.25) is 5.41 Å². The van der Waals surface area contributed by atoms with Gasteiger partial charge in [-0.15, -0.1) is 18.1 Å². The third kappa shape index (κ3) is 4.91. The molecular formula is C16H13F3N2O2. The monoisotopic (exact) mass is 322 g/mol. The maximum atomic E-state index is 12.2. The van der Waals surface area contributed by atoms with Gasteiger partial charge in [0.15, 0.2) is 5.84 Å². The molecule has 0 aliphatic heterocycles. The van der Waals surface area contributed by atoms with Crippen LogP contribution < -0.4 is 4.74 Å². The van der Waals surface area contributed by atoms with Crippen LogP contribution in [0.5, 0.6) is 5.75 Å². The van der Waals surface area contributed by atoms with Crippen molar-refractivity contribution in [2.75, 3.05) is 0 Å². The highest BCUT2D eigenvalue weighted by molar-refractivity contribution is 5.81. The lowest BCUT2D eigenvalue weighted by Crippen LogP contribution is -2.17. The SMILES string of the molecule is N=C(CC(c1ccccc1)c1ccc(OC(F)(F)F)cc1)N=O. The normalized spacial score (nSPS) is 12.5. The summed E-state index contributed by atoms with van der Waals surface area (Å²) in [6.45, 7) is 0. The van der Waals surface area contributed by atoms with Gasteiger partial charge in [0.25, 0.3) is 0 Å². The number of alkyl halides is 3. The van der Waals surface area contributed by atoms with Crippen molar-refractivity contribution in [3.05, 3.63) is 70.6 Å². The Balaban J connectivity index is 2.28. The van der Waals surface area contributed by atoms with Crippen LogP contribution in [0.3, 0.4) is 0 Å². The zero-order valence-electron chi connectivity index (χ0n) is 11.9. The summed E-state index contributed by atoms with van der Waals surface area (Å²) in [5.41, 5.74) is 1.50. The van der Waals surface area contributed by atoms with Crippen molar-refractivity contribution >= 4 is 5.84 Å². The molecule has 1 unspecified atom stereocenters. The van der Waals surface area contributed by atoms with E-state index in [4.69, 9.17) is 5.41 Å². The fourth-order valence-electron chi connectivity index (χ4n) is 2.25. The molecule has 0 saturated heterocycles. The molecule has 1 atom stereocenters. The highest BCUT2D eigenvalue weighted by Gasteiger charge is 2.31. The number of hydrogen-bond acceptors (Lipinski definition) is 3. The van der Waals surface area contributed by atoms with Gasteiger partial charge in [0.05, 0.1) is 0 Å². The van der Waals surface area contributed by atoms with Crippen molar-refractivity contribution in [2.24, 2.45) is 5.18 Å². The number of ether oxygens (including phenoxy) is 1. The Bertz CT molecular complexity index is 670. The highest BCUT2D eigenvalue weighted by atomic mass is 19.4. The quantitative estimate of drug-likeness (QED) is 0.486. The van der Waals surface area contributed by atoms with E-state index in [1.54, 1.807) is 12.1 Å². The molecule has 7 heteroatoms. The van der Waals surface area contributed by atoms with E-state index >= 15 is 0 Å². The van der Waals surface area contributed by atoms with Gasteiger partial charge in [0.2, 0.25) is 0 Å². The molecule has 0 aliphatic carbocycles. The van der Waals surface area contributed by atoms with Gasteiger partial charge in [0, 0.05) is 12.3 Å². The zero-order valence-corrected chi connectivity index (χ0v) is 11.9. The maximum absolute atomic E-state index is 12.2. The van der Waals surface area contributed by atoms with Gasteiger partial charge < -0.3 is 4.74 Å². The average Bonchev–Trinajstić information content (AvgIpc) is 2.52. The molecule has 120 valence electrons. The lowest BCUT2D eigenvalue weighted by molar-refractivity contribution is -0.274. The Morgan fingerprint density at radius 2 is 1.61 bits per heavy atom. The Kier molecular flexibility index (Phi) is 5.10. The summed E-state index contributed by atoms with van der Waals surface area (Å²) in [4.78, 5) is 10.5. The molecule has 2 rings (SSSR count). The van der Waals surface area contributed by atoms with Crippen LogP contribution in [-0.2, 0) is 0 Å². The summed E-state index contributed by atoms with van der Waals surface area (Å²) in [5, 5.41) is 10.1. The smallest absolute Gasteiger partial charge is 0.406 e. The topological polar surface area (TPSA) is 62.5 Å². The lowest BCUT2D eigenvalue weighted by atomic mass is 9.88. The van der Waals surface area contributed by atoms with Crippen molar-refractivity contribution in [3.8, 4) is 5.75 Å². The first-order valence-electron chi connectivity index (χ1n) is 6.70. The van der Waals surface area contributed by atoms with Crippen molar-refractivity contribution < 1.29 is 17.9 Å². The number of halogens is 3. The molecule has 2 aromatic carbocycles. The van der Waals surface area contributed by atoms with E-state index in [2.05, 4.69) is 9.91 Å². The molecule has 0 amide bonds. The molecule has 0 spiro atoms. The fourth-order valence-corrected chi connectivity index (χ4v) is 2.25. The van der Waals surface area contributed by atoms with Gasteiger partial charge in [-0.25, -0.2) is 0 Å². The number of nitrogens with one attached hydrogen (secondary N) is 1. The van der Waals surface area contributed by atoms with Gasteiger partial charge in [-0.2, -0.15) is 0 Å². The van der Waals surface area contributed by atoms with Crippen LogP contribution in [0.4, 0.5) is 13.2 Å². The number of amidine groups is 1. The van der Waals surface area contributed by atoms with Crippen LogP contribution in [0, 0.1) is 10.3 Å². The van der Waals surface area contributed by atoms with Crippen LogP contribution in [0.15, 0.2) is 59.8 Å². The highest BCUT2D eigenvalue weighted by Crippen LogP contribution is 2.31. The van der Waals surface area contributed by atoms with Crippen molar-refractivity contribution in [1.29, 1.82) is 5.41 Å². The Hall–Kier alpha value is -2.70. The molecule has 0 radical (unpaired) electrons. The summed E-state index contributed by atoms with van der Waals surface area (Å²) < 4.78 is 40.4. The summed E-state index contributed by atoms with van der Waals surface area (Å²) in [6, 6.07) is 14.5. The molecule has 0 bridgehead atoms. The minimum atomic E-state index is -4.75. The van der Waals surface area contributed by atoms with Crippen LogP contribution in [0.2, 0.25) is 0 Å². The zero-order chi connectivity index (χ0) is 16.9. The summed E-state index contributed by atoms with van der Waals surface area (Å²) in [7, 11) is 0. The molecule has 1 N–H and O–H groups in total. The van der Waals surface area contributed by atoms with E-state index in [0.717, 1.165) is 5.56 Å². The van der Waals surface area contributed by atoms with Crippen LogP contribution in [0.25, 0.3) is 0 Å². The van der Waals surface area contributed by atoms with Gasteiger partial charge in [0.1, 0.15) is 5.75 Å². The van der Waals surface area contributed by atoms with E-state index in [1.807, 2.05) is 18.2 Å². The van der Waals surface area contributed by atoms with E-state index in [-0.39, 0.29) is 23.9 Å². The second kappa shape index (κ2) is 7.04. The predicted molar refractivity (Wildman–Crippen MR) is 79.5 cm³/mol. The van der Waals surface area contributed by atoms with E-state index < -0.39 is 6.36 Å². The number of nitrogens with zero attached hydrogens (tertiary/aromatic N) is 1. The second-order valence-electron chi connectivity index (χ2n) is 4.82. The third-order valence-electron chi connectivity index (χ3n) is 3.23. The van der Waals surface area contributed by atoms with Crippen LogP contribution in [0.1, 0.15) is 23.5 Å². The largest absolute Gasteiger partial charge is 0.573 e. The number of hydrogen-bond donors (Lipinski definition) is 1. The first-order chi connectivity index (χ1) is 10.9. The van der Waals surface area contributed by atoms with Crippen molar-refractivity contribution in [1.82, 2.24) is 0 Å². The molecule has 0 saturated carbocycles. The minimum Gasteiger partial charge on any atom is -0.406 e. The molecule has 2 aromatic rings. The Labute approximate surface area is 130 Å². The van der Waals surface area contributed by atoms with Gasteiger partial charge in [-0.1, -0.05) is 42.5 Å². The molecule has 0 fully saturated rings. The third-order valence-corrected chi connectivity index (χ3v) is 3.23. The maximum Gasteiger partial charge on any atom is 0.573 e. The van der Waals surface area contributed by atoms with E-state index in [9.17, 15) is 18.1 Å². The number of nitroso groups, excluding NO2 is 1. The predicted octanol–water partition coefficient (Wildman–Crippen LogP) is 4.85. The summed E-state index contributed by atoms with van der Waals surface area (Å²) >= 11 is 0. The van der Waals surface area contributed by atoms with Gasteiger partial charge in [-0.05, 0) is 28.4 Å². The molecular weight excluding hydrogens is 309 g/mol. The first-order valence-corrected chi connectivity index (χ1v) is 6.70. The standard InChI is InChI=1S/C16H13F3N2O2/c17-16(18,19)23-13-8-6-12(7-9-13)14(10-15(20)21-22)11-4-2-1-3-5-11/h1-9,14,20H,10H2. The summed E-state index contributed by atoms with van der Waals surface area (Å²) in [6.07, 6.45) is -4.68. The molecule has 0 aliphatic rings. The minimum absolute atomic E-state index is 0.0625. The van der Waals surface area contributed by atoms with Crippen LogP contribution >= 0.6 is 0 Å². The van der Waals surface area contributed by atoms with Crippen molar-refractivity contribution in [3.63, 3.8) is 0 Å². The molecule has 0 heterocycles. The molecule has 23 heavy (non-hydrogen) atoms. The summed E-state index contributed by atoms with van der Waals surface area (Å²) in [5.74, 6) is -0.993. The molecule has 0 aromatic heterocycles. The van der Waals surface area contributed by atoms with Crippen molar-refractivity contribution in [2.45, 2.75) is 18.7 Å². The van der Waals surface area contributed by atoms with Gasteiger partial charge >= 0.3 is 6.36 Å².